The highest BCUT2D eigenvalue weighted by Crippen LogP contribution is 2.43. The third-order valence-corrected chi connectivity index (χ3v) is 4.99. The quantitative estimate of drug-likeness (QED) is 0.864. The molecule has 2 nitrogen and oxygen atoms in total. The largest absolute Gasteiger partial charge is 0.508 e. The number of allylic oxidation sites excluding steroid dienone is 1. The zero-order valence-electron chi connectivity index (χ0n) is 14.7. The van der Waals surface area contributed by atoms with Crippen molar-refractivity contribution >= 4 is 6.08 Å². The van der Waals surface area contributed by atoms with Crippen molar-refractivity contribution in [3.8, 4) is 5.75 Å². The zero-order valence-corrected chi connectivity index (χ0v) is 14.7. The summed E-state index contributed by atoms with van der Waals surface area (Å²) < 4.78 is 0. The number of hydrogen-bond donors (Lipinski definition) is 1. The van der Waals surface area contributed by atoms with Crippen LogP contribution in [0.1, 0.15) is 36.3 Å². The van der Waals surface area contributed by atoms with Crippen LogP contribution in [0.5, 0.6) is 5.75 Å². The van der Waals surface area contributed by atoms with Crippen molar-refractivity contribution in [3.05, 3.63) is 71.3 Å². The number of rotatable bonds is 4. The molecule has 24 heavy (non-hydrogen) atoms. The van der Waals surface area contributed by atoms with Gasteiger partial charge in [-0.25, -0.2) is 0 Å². The van der Waals surface area contributed by atoms with E-state index in [9.17, 15) is 5.11 Å². The molecule has 1 aliphatic rings. The minimum absolute atomic E-state index is 0.386. The Kier molecular flexibility index (Phi) is 5.37. The third kappa shape index (κ3) is 4.07. The number of para-hydroxylation sites is 1. The van der Waals surface area contributed by atoms with E-state index >= 15 is 0 Å². The summed E-state index contributed by atoms with van der Waals surface area (Å²) >= 11 is 0. The lowest BCUT2D eigenvalue weighted by Gasteiger charge is -2.35. The minimum Gasteiger partial charge on any atom is -0.508 e. The van der Waals surface area contributed by atoms with E-state index in [1.807, 2.05) is 18.2 Å². The van der Waals surface area contributed by atoms with E-state index < -0.39 is 0 Å². The second kappa shape index (κ2) is 7.67. The molecule has 0 spiro atoms. The summed E-state index contributed by atoms with van der Waals surface area (Å²) in [5.74, 6) is 1.41. The highest BCUT2D eigenvalue weighted by atomic mass is 16.3. The third-order valence-electron chi connectivity index (χ3n) is 4.99. The molecule has 1 fully saturated rings. The second-order valence-electron chi connectivity index (χ2n) is 7.14. The molecule has 2 heteroatoms. The smallest absolute Gasteiger partial charge is 0.119 e. The van der Waals surface area contributed by atoms with Crippen LogP contribution in [0, 0.1) is 5.92 Å². The van der Waals surface area contributed by atoms with Crippen LogP contribution in [0.4, 0.5) is 0 Å². The maximum Gasteiger partial charge on any atom is 0.119 e. The fourth-order valence-electron chi connectivity index (χ4n) is 3.89. The minimum atomic E-state index is 0.386. The molecule has 1 aliphatic carbocycles. The predicted octanol–water partition coefficient (Wildman–Crippen LogP) is 4.92. The highest BCUT2D eigenvalue weighted by Gasteiger charge is 2.30. The molecule has 2 aromatic rings. The molecule has 0 bridgehead atoms. The number of hydrogen-bond acceptors (Lipinski definition) is 2. The van der Waals surface area contributed by atoms with Gasteiger partial charge in [-0.3, -0.25) is 0 Å². The van der Waals surface area contributed by atoms with E-state index in [1.54, 1.807) is 0 Å². The molecule has 0 radical (unpaired) electrons. The molecule has 2 atom stereocenters. The Labute approximate surface area is 145 Å². The lowest BCUT2D eigenvalue weighted by atomic mass is 9.72. The van der Waals surface area contributed by atoms with E-state index in [4.69, 9.17) is 0 Å². The first-order chi connectivity index (χ1) is 11.6. The van der Waals surface area contributed by atoms with Crippen LogP contribution < -0.4 is 0 Å². The van der Waals surface area contributed by atoms with Gasteiger partial charge < -0.3 is 10.0 Å². The van der Waals surface area contributed by atoms with Gasteiger partial charge in [0, 0.05) is 6.54 Å². The summed E-state index contributed by atoms with van der Waals surface area (Å²) in [7, 11) is 4.27. The van der Waals surface area contributed by atoms with Gasteiger partial charge in [0.05, 0.1) is 0 Å². The van der Waals surface area contributed by atoms with Crippen molar-refractivity contribution in [1.29, 1.82) is 0 Å². The molecule has 0 aliphatic heterocycles. The normalized spacial score (nSPS) is 22.9. The summed E-state index contributed by atoms with van der Waals surface area (Å²) in [5, 5.41) is 10.4. The van der Waals surface area contributed by atoms with Crippen molar-refractivity contribution in [1.82, 2.24) is 4.90 Å². The number of aromatic hydroxyl groups is 1. The SMILES string of the molecule is CN(C)CC1CCC(=Cc2ccccc2)CC1c1ccccc1O. The van der Waals surface area contributed by atoms with E-state index in [0.29, 0.717) is 17.6 Å². The highest BCUT2D eigenvalue weighted by molar-refractivity contribution is 5.53. The Morgan fingerprint density at radius 3 is 2.46 bits per heavy atom. The Bertz CT molecular complexity index is 690. The van der Waals surface area contributed by atoms with Crippen molar-refractivity contribution in [2.75, 3.05) is 20.6 Å². The number of phenols is 1. The van der Waals surface area contributed by atoms with E-state index in [1.165, 1.54) is 17.6 Å². The molecule has 2 aromatic carbocycles. The molecular formula is C22H27NO. The summed E-state index contributed by atoms with van der Waals surface area (Å²) in [6, 6.07) is 18.4. The topological polar surface area (TPSA) is 23.5 Å². The monoisotopic (exact) mass is 321 g/mol. The van der Waals surface area contributed by atoms with Gasteiger partial charge in [-0.1, -0.05) is 60.2 Å². The maximum absolute atomic E-state index is 10.4. The van der Waals surface area contributed by atoms with Gasteiger partial charge in [0.15, 0.2) is 0 Å². The van der Waals surface area contributed by atoms with Gasteiger partial charge in [0.25, 0.3) is 0 Å². The number of phenolic OH excluding ortho intramolecular Hbond substituents is 1. The van der Waals surface area contributed by atoms with Gasteiger partial charge in [0.2, 0.25) is 0 Å². The van der Waals surface area contributed by atoms with Crippen LogP contribution in [-0.2, 0) is 0 Å². The van der Waals surface area contributed by atoms with Crippen molar-refractivity contribution in [3.63, 3.8) is 0 Å². The fraction of sp³-hybridized carbons (Fsp3) is 0.364. The zero-order chi connectivity index (χ0) is 16.9. The molecule has 0 heterocycles. The Morgan fingerprint density at radius 1 is 1.04 bits per heavy atom. The molecule has 126 valence electrons. The van der Waals surface area contributed by atoms with Gasteiger partial charge in [-0.2, -0.15) is 0 Å². The first kappa shape index (κ1) is 16.8. The Hall–Kier alpha value is -2.06. The Morgan fingerprint density at radius 2 is 1.75 bits per heavy atom. The van der Waals surface area contributed by atoms with Gasteiger partial charge in [-0.15, -0.1) is 0 Å². The average molecular weight is 321 g/mol. The molecule has 0 saturated heterocycles. The molecular weight excluding hydrogens is 294 g/mol. The lowest BCUT2D eigenvalue weighted by molar-refractivity contribution is 0.254. The predicted molar refractivity (Wildman–Crippen MR) is 101 cm³/mol. The van der Waals surface area contributed by atoms with E-state index in [2.05, 4.69) is 61.5 Å². The van der Waals surface area contributed by atoms with Crippen LogP contribution in [-0.4, -0.2) is 30.6 Å². The summed E-state index contributed by atoms with van der Waals surface area (Å²) in [6.07, 6.45) is 5.69. The van der Waals surface area contributed by atoms with Gasteiger partial charge >= 0.3 is 0 Å². The number of nitrogens with zero attached hydrogens (tertiary/aromatic N) is 1. The van der Waals surface area contributed by atoms with Crippen LogP contribution in [0.15, 0.2) is 60.2 Å². The molecule has 3 rings (SSSR count). The van der Waals surface area contributed by atoms with Crippen LogP contribution in [0.3, 0.4) is 0 Å². The molecule has 0 aromatic heterocycles. The van der Waals surface area contributed by atoms with Crippen molar-refractivity contribution < 1.29 is 5.11 Å². The lowest BCUT2D eigenvalue weighted by Crippen LogP contribution is -2.29. The number of benzene rings is 2. The average Bonchev–Trinajstić information content (AvgIpc) is 2.57. The fourth-order valence-corrected chi connectivity index (χ4v) is 3.89. The molecule has 1 N–H and O–H groups in total. The summed E-state index contributed by atoms with van der Waals surface area (Å²) in [6.45, 7) is 1.07. The van der Waals surface area contributed by atoms with Gasteiger partial charge in [-0.05, 0) is 62.4 Å². The molecule has 1 saturated carbocycles. The van der Waals surface area contributed by atoms with E-state index in [-0.39, 0.29) is 0 Å². The van der Waals surface area contributed by atoms with Crippen LogP contribution in [0.2, 0.25) is 0 Å². The Balaban J connectivity index is 1.87. The van der Waals surface area contributed by atoms with Crippen molar-refractivity contribution in [2.45, 2.75) is 25.2 Å². The van der Waals surface area contributed by atoms with Gasteiger partial charge in [0.1, 0.15) is 5.75 Å². The first-order valence-electron chi connectivity index (χ1n) is 8.80. The van der Waals surface area contributed by atoms with Crippen LogP contribution >= 0.6 is 0 Å². The maximum atomic E-state index is 10.4. The summed E-state index contributed by atoms with van der Waals surface area (Å²) in [5.41, 5.74) is 3.86. The van der Waals surface area contributed by atoms with Crippen LogP contribution in [0.25, 0.3) is 6.08 Å². The molecule has 0 amide bonds. The summed E-state index contributed by atoms with van der Waals surface area (Å²) in [4.78, 5) is 2.27. The van der Waals surface area contributed by atoms with E-state index in [0.717, 1.165) is 24.9 Å². The second-order valence-corrected chi connectivity index (χ2v) is 7.14. The standard InChI is InChI=1S/C22H27NO/c1-23(2)16-19-13-12-18(14-17-8-4-3-5-9-17)15-21(19)20-10-6-7-11-22(20)24/h3-11,14,19,21,24H,12-13,15-16H2,1-2H3. The van der Waals surface area contributed by atoms with Crippen molar-refractivity contribution in [2.24, 2.45) is 5.92 Å². The molecule has 2 unspecified atom stereocenters. The first-order valence-corrected chi connectivity index (χ1v) is 8.80.